The van der Waals surface area contributed by atoms with Gasteiger partial charge in [-0.05, 0) is 37.3 Å². The third kappa shape index (κ3) is 2.71. The van der Waals surface area contributed by atoms with Gasteiger partial charge in [-0.25, -0.2) is 0 Å². The molecule has 114 valence electrons. The zero-order chi connectivity index (χ0) is 14.9. The molecule has 21 heavy (non-hydrogen) atoms. The number of hydrogen-bond acceptors (Lipinski definition) is 2. The summed E-state index contributed by atoms with van der Waals surface area (Å²) in [6.07, 6.45) is 3.06. The second-order valence-electron chi connectivity index (χ2n) is 6.82. The van der Waals surface area contributed by atoms with Crippen molar-refractivity contribution in [1.82, 2.24) is 10.2 Å². The summed E-state index contributed by atoms with van der Waals surface area (Å²) in [5.74, 6) is 0.849. The van der Waals surface area contributed by atoms with E-state index in [4.69, 9.17) is 0 Å². The summed E-state index contributed by atoms with van der Waals surface area (Å²) in [4.78, 5) is 15.4. The standard InChI is InChI=1S/C18H26N2O/c1-14(2)16-13-19-11-6-12-20(16)17(21)18(9-10-18)15-7-4-3-5-8-15/h3-5,7-8,14,16,19H,6,9-13H2,1-2H3. The molecule has 0 aromatic heterocycles. The SMILES string of the molecule is CC(C)C1CNCCCN1C(=O)C1(c2ccccc2)CC1. The topological polar surface area (TPSA) is 32.3 Å². The number of hydrogen-bond donors (Lipinski definition) is 1. The minimum Gasteiger partial charge on any atom is -0.337 e. The lowest BCUT2D eigenvalue weighted by atomic mass is 9.92. The van der Waals surface area contributed by atoms with Crippen molar-refractivity contribution in [2.24, 2.45) is 5.92 Å². The van der Waals surface area contributed by atoms with Crippen molar-refractivity contribution in [2.75, 3.05) is 19.6 Å². The van der Waals surface area contributed by atoms with Crippen LogP contribution in [0.25, 0.3) is 0 Å². The molecule has 0 radical (unpaired) electrons. The van der Waals surface area contributed by atoms with Crippen LogP contribution >= 0.6 is 0 Å². The summed E-state index contributed by atoms with van der Waals surface area (Å²) in [5, 5.41) is 3.48. The van der Waals surface area contributed by atoms with Gasteiger partial charge in [-0.15, -0.1) is 0 Å². The molecule has 1 atom stereocenters. The predicted molar refractivity (Wildman–Crippen MR) is 85.2 cm³/mol. The summed E-state index contributed by atoms with van der Waals surface area (Å²) in [6, 6.07) is 10.7. The molecule has 1 amide bonds. The van der Waals surface area contributed by atoms with Crippen molar-refractivity contribution >= 4 is 5.91 Å². The van der Waals surface area contributed by atoms with Crippen LogP contribution in [-0.4, -0.2) is 36.5 Å². The zero-order valence-electron chi connectivity index (χ0n) is 13.1. The number of benzene rings is 1. The van der Waals surface area contributed by atoms with Crippen LogP contribution in [0.4, 0.5) is 0 Å². The highest BCUT2D eigenvalue weighted by molar-refractivity contribution is 5.91. The number of nitrogens with one attached hydrogen (secondary N) is 1. The van der Waals surface area contributed by atoms with Crippen molar-refractivity contribution in [1.29, 1.82) is 0 Å². The molecule has 3 nitrogen and oxygen atoms in total. The molecule has 1 aliphatic heterocycles. The van der Waals surface area contributed by atoms with Gasteiger partial charge in [0.1, 0.15) is 0 Å². The zero-order valence-corrected chi connectivity index (χ0v) is 13.1. The molecule has 1 aliphatic carbocycles. The molecule has 1 aromatic rings. The fraction of sp³-hybridized carbons (Fsp3) is 0.611. The Kier molecular flexibility index (Phi) is 4.03. The van der Waals surface area contributed by atoms with E-state index in [1.807, 2.05) is 18.2 Å². The monoisotopic (exact) mass is 286 g/mol. The normalized spacial score (nSPS) is 24.7. The lowest BCUT2D eigenvalue weighted by Crippen LogP contribution is -2.50. The second kappa shape index (κ2) is 5.80. The largest absolute Gasteiger partial charge is 0.337 e. The average molecular weight is 286 g/mol. The molecular formula is C18H26N2O. The van der Waals surface area contributed by atoms with E-state index in [1.165, 1.54) is 5.56 Å². The van der Waals surface area contributed by atoms with Crippen LogP contribution in [0.2, 0.25) is 0 Å². The Bertz CT molecular complexity index is 493. The Morgan fingerprint density at radius 2 is 2.00 bits per heavy atom. The van der Waals surface area contributed by atoms with Gasteiger partial charge in [0, 0.05) is 19.1 Å². The van der Waals surface area contributed by atoms with E-state index in [0.717, 1.165) is 38.9 Å². The molecule has 1 unspecified atom stereocenters. The first-order chi connectivity index (χ1) is 10.1. The summed E-state index contributed by atoms with van der Waals surface area (Å²) in [6.45, 7) is 7.28. The van der Waals surface area contributed by atoms with E-state index in [-0.39, 0.29) is 5.41 Å². The number of amides is 1. The van der Waals surface area contributed by atoms with Crippen molar-refractivity contribution in [3.05, 3.63) is 35.9 Å². The molecule has 0 spiro atoms. The van der Waals surface area contributed by atoms with E-state index in [1.54, 1.807) is 0 Å². The predicted octanol–water partition coefficient (Wildman–Crippen LogP) is 2.56. The number of carbonyl (C=O) groups excluding carboxylic acids is 1. The maximum absolute atomic E-state index is 13.2. The average Bonchev–Trinajstić information content (AvgIpc) is 3.31. The van der Waals surface area contributed by atoms with E-state index in [9.17, 15) is 4.79 Å². The first kappa shape index (κ1) is 14.6. The molecule has 1 heterocycles. The molecule has 1 N–H and O–H groups in total. The van der Waals surface area contributed by atoms with Crippen molar-refractivity contribution in [2.45, 2.75) is 44.6 Å². The summed E-state index contributed by atoms with van der Waals surface area (Å²) < 4.78 is 0. The first-order valence-electron chi connectivity index (χ1n) is 8.22. The van der Waals surface area contributed by atoms with E-state index < -0.39 is 0 Å². The minimum absolute atomic E-state index is 0.223. The van der Waals surface area contributed by atoms with Crippen molar-refractivity contribution in [3.63, 3.8) is 0 Å². The first-order valence-corrected chi connectivity index (χ1v) is 8.22. The third-order valence-electron chi connectivity index (χ3n) is 5.02. The van der Waals surface area contributed by atoms with Gasteiger partial charge in [0.25, 0.3) is 0 Å². The molecule has 0 bridgehead atoms. The van der Waals surface area contributed by atoms with Crippen LogP contribution in [0.15, 0.2) is 30.3 Å². The van der Waals surface area contributed by atoms with Gasteiger partial charge >= 0.3 is 0 Å². The van der Waals surface area contributed by atoms with Crippen LogP contribution in [0.1, 0.15) is 38.7 Å². The molecule has 1 saturated carbocycles. The number of rotatable bonds is 3. The van der Waals surface area contributed by atoms with Crippen LogP contribution in [-0.2, 0) is 10.2 Å². The highest BCUT2D eigenvalue weighted by atomic mass is 16.2. The fourth-order valence-corrected chi connectivity index (χ4v) is 3.53. The molecule has 1 saturated heterocycles. The number of carbonyl (C=O) groups is 1. The summed E-state index contributed by atoms with van der Waals surface area (Å²) in [5.41, 5.74) is 0.980. The maximum atomic E-state index is 13.2. The molecule has 3 rings (SSSR count). The molecule has 2 aliphatic rings. The van der Waals surface area contributed by atoms with Crippen LogP contribution in [0.3, 0.4) is 0 Å². The highest BCUT2D eigenvalue weighted by Gasteiger charge is 2.53. The highest BCUT2D eigenvalue weighted by Crippen LogP contribution is 2.50. The Labute approximate surface area is 127 Å². The van der Waals surface area contributed by atoms with Gasteiger partial charge < -0.3 is 10.2 Å². The van der Waals surface area contributed by atoms with Gasteiger partial charge in [-0.2, -0.15) is 0 Å². The van der Waals surface area contributed by atoms with Gasteiger partial charge in [0.2, 0.25) is 5.91 Å². The lowest BCUT2D eigenvalue weighted by molar-refractivity contribution is -0.137. The Hall–Kier alpha value is -1.35. The third-order valence-corrected chi connectivity index (χ3v) is 5.02. The van der Waals surface area contributed by atoms with Gasteiger partial charge in [0.05, 0.1) is 5.41 Å². The Morgan fingerprint density at radius 3 is 2.62 bits per heavy atom. The van der Waals surface area contributed by atoms with Crippen LogP contribution in [0, 0.1) is 5.92 Å². The lowest BCUT2D eigenvalue weighted by Gasteiger charge is -2.35. The molecule has 3 heteroatoms. The van der Waals surface area contributed by atoms with E-state index >= 15 is 0 Å². The fourth-order valence-electron chi connectivity index (χ4n) is 3.53. The van der Waals surface area contributed by atoms with Crippen LogP contribution in [0.5, 0.6) is 0 Å². The minimum atomic E-state index is -0.223. The van der Waals surface area contributed by atoms with E-state index in [2.05, 4.69) is 36.2 Å². The number of nitrogens with zero attached hydrogens (tertiary/aromatic N) is 1. The van der Waals surface area contributed by atoms with Gasteiger partial charge in [-0.3, -0.25) is 4.79 Å². The van der Waals surface area contributed by atoms with Gasteiger partial charge in [-0.1, -0.05) is 44.2 Å². The van der Waals surface area contributed by atoms with Crippen molar-refractivity contribution < 1.29 is 4.79 Å². The maximum Gasteiger partial charge on any atom is 0.233 e. The smallest absolute Gasteiger partial charge is 0.233 e. The van der Waals surface area contributed by atoms with E-state index in [0.29, 0.717) is 17.9 Å². The molecular weight excluding hydrogens is 260 g/mol. The molecule has 1 aromatic carbocycles. The Balaban J connectivity index is 1.86. The second-order valence-corrected chi connectivity index (χ2v) is 6.82. The van der Waals surface area contributed by atoms with Gasteiger partial charge in [0.15, 0.2) is 0 Å². The molecule has 2 fully saturated rings. The quantitative estimate of drug-likeness (QED) is 0.926. The Morgan fingerprint density at radius 1 is 1.29 bits per heavy atom. The summed E-state index contributed by atoms with van der Waals surface area (Å²) >= 11 is 0. The van der Waals surface area contributed by atoms with Crippen LogP contribution < -0.4 is 5.32 Å². The van der Waals surface area contributed by atoms with Crippen molar-refractivity contribution in [3.8, 4) is 0 Å². The summed E-state index contributed by atoms with van der Waals surface area (Å²) in [7, 11) is 0.